The molecule has 0 aliphatic heterocycles. The van der Waals surface area contributed by atoms with Gasteiger partial charge in [-0.2, -0.15) is 0 Å². The highest BCUT2D eigenvalue weighted by Crippen LogP contribution is 2.33. The molecule has 5 aromatic carbocycles. The molecule has 0 spiro atoms. The molecule has 0 unspecified atom stereocenters. The van der Waals surface area contributed by atoms with Crippen molar-refractivity contribution in [3.8, 4) is 0 Å². The smallest absolute Gasteiger partial charge is 0.199 e. The Bertz CT molecular complexity index is 2830. The summed E-state index contributed by atoms with van der Waals surface area (Å²) in [6, 6.07) is 28.6. The lowest BCUT2D eigenvalue weighted by Crippen LogP contribution is -2.18. The summed E-state index contributed by atoms with van der Waals surface area (Å²) in [4.78, 5) is 55.4. The van der Waals surface area contributed by atoms with E-state index in [1.807, 2.05) is 45.2 Å². The summed E-state index contributed by atoms with van der Waals surface area (Å²) < 4.78 is 3.87. The van der Waals surface area contributed by atoms with Crippen LogP contribution in [0.3, 0.4) is 0 Å². The van der Waals surface area contributed by atoms with E-state index in [2.05, 4.69) is 0 Å². The Labute approximate surface area is 222 Å². The number of para-hydroxylation sites is 4. The van der Waals surface area contributed by atoms with Crippen LogP contribution in [0.2, 0.25) is 0 Å². The minimum absolute atomic E-state index is 0.130. The van der Waals surface area contributed by atoms with E-state index in [1.54, 1.807) is 60.7 Å². The van der Waals surface area contributed by atoms with Crippen molar-refractivity contribution in [3.63, 3.8) is 0 Å². The molecule has 0 radical (unpaired) electrons. The van der Waals surface area contributed by atoms with Crippen molar-refractivity contribution < 1.29 is 0 Å². The monoisotopic (exact) mass is 516 g/mol. The van der Waals surface area contributed by atoms with Crippen LogP contribution in [0.1, 0.15) is 0 Å². The molecule has 4 aromatic heterocycles. The second kappa shape index (κ2) is 7.07. The van der Waals surface area contributed by atoms with Gasteiger partial charge in [-0.3, -0.25) is 19.2 Å². The Morgan fingerprint density at radius 1 is 0.325 bits per heavy atom. The van der Waals surface area contributed by atoms with Gasteiger partial charge >= 0.3 is 0 Å². The van der Waals surface area contributed by atoms with E-state index in [1.165, 1.54) is 0 Å². The Hall–Kier alpha value is -5.62. The molecule has 9 aromatic rings. The van der Waals surface area contributed by atoms with Gasteiger partial charge in [0.15, 0.2) is 21.7 Å². The highest BCUT2D eigenvalue weighted by molar-refractivity contribution is 6.17. The largest absolute Gasteiger partial charge is 0.307 e. The molecule has 186 valence electrons. The third-order valence-corrected chi connectivity index (χ3v) is 8.37. The van der Waals surface area contributed by atoms with E-state index in [9.17, 15) is 19.2 Å². The first-order valence-electron chi connectivity index (χ1n) is 13.0. The van der Waals surface area contributed by atoms with E-state index in [0.29, 0.717) is 76.2 Å². The first kappa shape index (κ1) is 21.3. The van der Waals surface area contributed by atoms with E-state index in [-0.39, 0.29) is 21.7 Å². The molecule has 0 N–H and O–H groups in total. The number of pyridine rings is 4. The van der Waals surface area contributed by atoms with Crippen molar-refractivity contribution in [2.24, 2.45) is 0 Å². The van der Waals surface area contributed by atoms with Crippen LogP contribution >= 0.6 is 0 Å². The summed E-state index contributed by atoms with van der Waals surface area (Å²) in [5.41, 5.74) is 2.61. The fraction of sp³-hybridized carbons (Fsp3) is 0. The van der Waals surface area contributed by atoms with Crippen molar-refractivity contribution >= 4 is 76.2 Å². The summed E-state index contributed by atoms with van der Waals surface area (Å²) in [5, 5.41) is 3.51. The van der Waals surface area contributed by atoms with Crippen molar-refractivity contribution in [1.29, 1.82) is 0 Å². The molecule has 0 fully saturated rings. The Balaban J connectivity index is 1.75. The fourth-order valence-electron chi connectivity index (χ4n) is 6.72. The average molecular weight is 517 g/mol. The molecule has 9 rings (SSSR count). The van der Waals surface area contributed by atoms with Gasteiger partial charge in [-0.25, -0.2) is 0 Å². The molecule has 0 aliphatic rings. The topological polar surface area (TPSA) is 77.1 Å². The first-order valence-corrected chi connectivity index (χ1v) is 13.0. The molecule has 0 saturated carbocycles. The highest BCUT2D eigenvalue weighted by atomic mass is 16.1. The molecule has 0 bridgehead atoms. The number of fused-ring (bicyclic) bond motifs is 9. The zero-order chi connectivity index (χ0) is 26.9. The maximum absolute atomic E-state index is 14.5. The minimum atomic E-state index is -0.268. The third-order valence-electron chi connectivity index (χ3n) is 8.37. The molecular weight excluding hydrogens is 500 g/mol. The molecular formula is C34H16N2O4. The van der Waals surface area contributed by atoms with Crippen LogP contribution < -0.4 is 21.7 Å². The molecule has 0 amide bonds. The first-order chi connectivity index (χ1) is 19.6. The Morgan fingerprint density at radius 3 is 1.35 bits per heavy atom. The van der Waals surface area contributed by atoms with Gasteiger partial charge in [0.05, 0.1) is 38.5 Å². The van der Waals surface area contributed by atoms with Crippen molar-refractivity contribution in [2.75, 3.05) is 0 Å². The van der Waals surface area contributed by atoms with Crippen LogP contribution in [-0.4, -0.2) is 8.80 Å². The van der Waals surface area contributed by atoms with Gasteiger partial charge in [-0.15, -0.1) is 0 Å². The normalized spacial score (nSPS) is 12.4. The van der Waals surface area contributed by atoms with Crippen LogP contribution in [0, 0.1) is 0 Å². The summed E-state index contributed by atoms with van der Waals surface area (Å²) in [7, 11) is 0. The fourth-order valence-corrected chi connectivity index (χ4v) is 6.72. The molecule has 0 saturated heterocycles. The van der Waals surface area contributed by atoms with Gasteiger partial charge in [0.2, 0.25) is 0 Å². The van der Waals surface area contributed by atoms with Gasteiger partial charge in [0, 0.05) is 37.7 Å². The minimum Gasteiger partial charge on any atom is -0.307 e. The van der Waals surface area contributed by atoms with Gasteiger partial charge in [0.1, 0.15) is 0 Å². The molecule has 6 heteroatoms. The van der Waals surface area contributed by atoms with Crippen LogP contribution in [0.15, 0.2) is 116 Å². The molecule has 4 heterocycles. The second-order valence-electron chi connectivity index (χ2n) is 10.3. The molecule has 40 heavy (non-hydrogen) atoms. The zero-order valence-electron chi connectivity index (χ0n) is 20.8. The van der Waals surface area contributed by atoms with Crippen LogP contribution in [0.5, 0.6) is 0 Å². The van der Waals surface area contributed by atoms with Gasteiger partial charge in [0.25, 0.3) is 0 Å². The summed E-state index contributed by atoms with van der Waals surface area (Å²) >= 11 is 0. The van der Waals surface area contributed by atoms with E-state index in [0.717, 1.165) is 0 Å². The Morgan fingerprint density at radius 2 is 0.750 bits per heavy atom. The summed E-state index contributed by atoms with van der Waals surface area (Å²) in [6.07, 6.45) is 0. The second-order valence-corrected chi connectivity index (χ2v) is 10.3. The van der Waals surface area contributed by atoms with Crippen LogP contribution in [0.4, 0.5) is 0 Å². The summed E-state index contributed by atoms with van der Waals surface area (Å²) in [6.45, 7) is 0. The summed E-state index contributed by atoms with van der Waals surface area (Å²) in [5.74, 6) is 0. The zero-order valence-corrected chi connectivity index (χ0v) is 20.8. The predicted octanol–water partition coefficient (Wildman–Crippen LogP) is 5.43. The Kier molecular flexibility index (Phi) is 3.77. The number of benzene rings is 5. The number of hydrogen-bond acceptors (Lipinski definition) is 4. The lowest BCUT2D eigenvalue weighted by molar-refractivity contribution is 1.29. The van der Waals surface area contributed by atoms with E-state index < -0.39 is 0 Å². The average Bonchev–Trinajstić information content (AvgIpc) is 3.00. The van der Waals surface area contributed by atoms with Crippen LogP contribution in [-0.2, 0) is 0 Å². The maximum Gasteiger partial charge on any atom is 0.199 e. The van der Waals surface area contributed by atoms with Crippen LogP contribution in [0.25, 0.3) is 76.2 Å². The van der Waals surface area contributed by atoms with Crippen molar-refractivity contribution in [3.05, 3.63) is 138 Å². The van der Waals surface area contributed by atoms with E-state index >= 15 is 0 Å². The SMILES string of the molecule is O=c1c2ccccc2n2c3ccc4c(=O)c5cccc6c(=O)c7ccccc7n(c65)c4c3c(=O)c3cccc1c32. The number of rotatable bonds is 0. The number of nitrogens with zero attached hydrogens (tertiary/aromatic N) is 2. The van der Waals surface area contributed by atoms with Gasteiger partial charge in [-0.1, -0.05) is 36.4 Å². The standard InChI is InChI=1S/C34H16N2O4/c37-31-17-7-1-3-13-24(17)35-26-16-15-23-30(27(26)34(40)22-12-6-9-19(31)28(22)35)36-25-14-4-2-8-18(25)32(38)20-10-5-11-21(29(20)36)33(23)39/h1-16H. The van der Waals surface area contributed by atoms with Gasteiger partial charge in [-0.05, 0) is 60.7 Å². The quantitative estimate of drug-likeness (QED) is 0.199. The molecule has 0 aliphatic carbocycles. The highest BCUT2D eigenvalue weighted by Gasteiger charge is 2.23. The van der Waals surface area contributed by atoms with E-state index in [4.69, 9.17) is 0 Å². The van der Waals surface area contributed by atoms with Crippen molar-refractivity contribution in [1.82, 2.24) is 8.80 Å². The van der Waals surface area contributed by atoms with Crippen molar-refractivity contribution in [2.45, 2.75) is 0 Å². The number of hydrogen-bond donors (Lipinski definition) is 0. The molecule has 6 nitrogen and oxygen atoms in total. The molecule has 0 atom stereocenters. The maximum atomic E-state index is 14.5. The number of aromatic nitrogens is 2. The third kappa shape index (κ3) is 2.31. The van der Waals surface area contributed by atoms with Gasteiger partial charge < -0.3 is 8.80 Å². The lowest BCUT2D eigenvalue weighted by atomic mass is 9.99. The predicted molar refractivity (Wildman–Crippen MR) is 161 cm³/mol. The lowest BCUT2D eigenvalue weighted by Gasteiger charge is -2.18.